The van der Waals surface area contributed by atoms with Crippen molar-refractivity contribution in [1.82, 2.24) is 9.55 Å². The van der Waals surface area contributed by atoms with Crippen LogP contribution in [0.25, 0.3) is 72.1 Å². The number of ether oxygens (including phenoxy) is 1. The minimum atomic E-state index is -0.571. The van der Waals surface area contributed by atoms with Crippen LogP contribution in [0.2, 0.25) is 0 Å². The molecule has 0 saturated heterocycles. The molecule has 2 aromatic heterocycles. The first kappa shape index (κ1) is 35.4. The van der Waals surface area contributed by atoms with Crippen LogP contribution >= 0.6 is 0 Å². The third-order valence-corrected chi connectivity index (χ3v) is 13.8. The molecule has 0 bridgehead atoms. The van der Waals surface area contributed by atoms with Gasteiger partial charge in [0.15, 0.2) is 0 Å². The molecule has 9 aromatic carbocycles. The van der Waals surface area contributed by atoms with E-state index >= 15 is 0 Å². The molecule has 0 spiro atoms. The molecule has 0 N–H and O–H groups in total. The zero-order valence-electron chi connectivity index (χ0n) is 51.6. The van der Waals surface area contributed by atoms with E-state index in [-0.39, 0.29) is 45.4 Å². The van der Waals surface area contributed by atoms with Crippen molar-refractivity contribution in [3.05, 3.63) is 242 Å². The molecule has 3 heterocycles. The second-order valence-corrected chi connectivity index (χ2v) is 20.5. The first-order valence-electron chi connectivity index (χ1n) is 29.6. The van der Waals surface area contributed by atoms with Crippen molar-refractivity contribution in [2.24, 2.45) is 0 Å². The Bertz CT molecular complexity index is 4250. The van der Waals surface area contributed by atoms with Gasteiger partial charge in [-0.1, -0.05) is 193 Å². The van der Waals surface area contributed by atoms with Gasteiger partial charge in [0, 0.05) is 45.9 Å². The van der Waals surface area contributed by atoms with E-state index in [9.17, 15) is 5.48 Å². The Morgan fingerprint density at radius 1 is 0.466 bits per heavy atom. The zero-order valence-corrected chi connectivity index (χ0v) is 41.6. The molecule has 11 aromatic rings. The summed E-state index contributed by atoms with van der Waals surface area (Å²) in [5, 5.41) is 2.13. The molecule has 0 aliphatic carbocycles. The summed E-state index contributed by atoms with van der Waals surface area (Å²) >= 11 is 0. The minimum absolute atomic E-state index is 0.0445. The van der Waals surface area contributed by atoms with Gasteiger partial charge in [-0.2, -0.15) is 0 Å². The molecule has 12 rings (SSSR count). The largest absolute Gasteiger partial charge is 0.457 e. The summed E-state index contributed by atoms with van der Waals surface area (Å²) in [7, 11) is 0. The maximum absolute atomic E-state index is 9.67. The van der Waals surface area contributed by atoms with Crippen molar-refractivity contribution < 1.29 is 18.4 Å². The number of hydrogen-bond acceptors (Lipinski definition) is 4. The number of para-hydroxylation sites is 3. The summed E-state index contributed by atoms with van der Waals surface area (Å²) in [4.78, 5) is 9.01. The second-order valence-electron chi connectivity index (χ2n) is 20.5. The van der Waals surface area contributed by atoms with Crippen molar-refractivity contribution in [3.8, 4) is 61.8 Å². The van der Waals surface area contributed by atoms with Crippen LogP contribution in [0.15, 0.2) is 230 Å². The van der Waals surface area contributed by atoms with Crippen molar-refractivity contribution in [3.63, 3.8) is 0 Å². The number of rotatable bonds is 9. The number of aromatic nitrogens is 2. The molecule has 73 heavy (non-hydrogen) atoms. The van der Waals surface area contributed by atoms with E-state index in [0.717, 1.165) is 50.1 Å². The molecule has 1 aliphatic rings. The molecule has 0 fully saturated rings. The van der Waals surface area contributed by atoms with E-state index in [2.05, 4.69) is 99.5 Å². The summed E-state index contributed by atoms with van der Waals surface area (Å²) in [5.41, 5.74) is 8.46. The Labute approximate surface area is 443 Å². The molecular weight excluding hydrogens is 889 g/mol. The van der Waals surface area contributed by atoms with Gasteiger partial charge in [0.05, 0.1) is 41.8 Å². The Morgan fingerprint density at radius 2 is 1.03 bits per heavy atom. The fourth-order valence-electron chi connectivity index (χ4n) is 10.1. The molecule has 5 nitrogen and oxygen atoms in total. The minimum Gasteiger partial charge on any atom is -0.457 e. The Balaban J connectivity index is 1.11. The van der Waals surface area contributed by atoms with Gasteiger partial charge in [0.2, 0.25) is 0 Å². The van der Waals surface area contributed by atoms with Crippen molar-refractivity contribution in [2.45, 2.75) is 52.4 Å². The standard InChI is InChI=1S/C68H58N4O/c1-67(2,3)50-37-38-69-63(41-50)72-59-32-20-19-31-55(59)56-36-35-53(43-62(56)72)73-54-40-51(68(4,5)6)39-52(42-54)70-45-71(61-34-22-21-33-60(61)70)66-64(48-27-15-9-16-28-48)57(46-23-11-7-12-24-46)44-58(47-25-13-8-14-26-47)65(66)49-29-17-10-18-30-49/h7-44H,45H2,1-6H3/i9D,10D,15D,16D,17D,18D,27D,28D,29D,30D. The SMILES string of the molecule is [2H]c1c([2H])c([2H])c(-c2c(-c3ccccc3)cc(-c3ccccc3)c(-c3c([2H])c([2H])c([2H])c([2H])c3[2H])c2N2CN(c3cc(Oc4ccc5c6ccccc6n(-c6cc(C(C)(C)C)ccn6)c5c4)cc(C(C)(C)C)c3)c3ccccc32)c([2H])c1[2H]. The molecule has 1 aliphatic heterocycles. The lowest BCUT2D eigenvalue weighted by Crippen LogP contribution is -2.25. The lowest BCUT2D eigenvalue weighted by molar-refractivity contribution is 0.479. The highest BCUT2D eigenvalue weighted by Gasteiger charge is 2.35. The second kappa shape index (κ2) is 18.2. The molecule has 0 radical (unpaired) electrons. The van der Waals surface area contributed by atoms with E-state index in [1.165, 1.54) is 0 Å². The quantitative estimate of drug-likeness (QED) is 0.144. The van der Waals surface area contributed by atoms with Crippen LogP contribution in [-0.2, 0) is 10.8 Å². The van der Waals surface area contributed by atoms with Crippen LogP contribution in [-0.4, -0.2) is 16.2 Å². The smallest absolute Gasteiger partial charge is 0.137 e. The van der Waals surface area contributed by atoms with E-state index in [4.69, 9.17) is 17.9 Å². The third-order valence-electron chi connectivity index (χ3n) is 13.8. The fourth-order valence-corrected chi connectivity index (χ4v) is 10.1. The predicted octanol–water partition coefficient (Wildman–Crippen LogP) is 18.5. The van der Waals surface area contributed by atoms with E-state index in [1.54, 1.807) is 0 Å². The topological polar surface area (TPSA) is 33.5 Å². The maximum atomic E-state index is 9.67. The summed E-state index contributed by atoms with van der Waals surface area (Å²) in [6.07, 6.45) is 1.86. The van der Waals surface area contributed by atoms with E-state index < -0.39 is 60.4 Å². The van der Waals surface area contributed by atoms with E-state index in [0.29, 0.717) is 39.4 Å². The average Bonchev–Trinajstić information content (AvgIpc) is 2.56. The summed E-state index contributed by atoms with van der Waals surface area (Å²) < 4.78 is 102. The lowest BCUT2D eigenvalue weighted by atomic mass is 9.83. The Kier molecular flexibility index (Phi) is 8.83. The number of nitrogens with zero attached hydrogens (tertiary/aromatic N) is 4. The van der Waals surface area contributed by atoms with Crippen molar-refractivity contribution >= 4 is 44.6 Å². The lowest BCUT2D eigenvalue weighted by Gasteiger charge is -2.31. The predicted molar refractivity (Wildman–Crippen MR) is 306 cm³/mol. The summed E-state index contributed by atoms with van der Waals surface area (Å²) in [6, 6.07) is 48.0. The van der Waals surface area contributed by atoms with Crippen molar-refractivity contribution in [2.75, 3.05) is 16.5 Å². The third kappa shape index (κ3) is 8.41. The highest BCUT2D eigenvalue weighted by atomic mass is 16.5. The maximum Gasteiger partial charge on any atom is 0.137 e. The van der Waals surface area contributed by atoms with Gasteiger partial charge in [-0.3, -0.25) is 4.57 Å². The number of benzene rings is 9. The van der Waals surface area contributed by atoms with Gasteiger partial charge in [-0.05, 0) is 116 Å². The highest BCUT2D eigenvalue weighted by Crippen LogP contribution is 2.56. The highest BCUT2D eigenvalue weighted by molar-refractivity contribution is 6.10. The molecule has 5 heteroatoms. The van der Waals surface area contributed by atoms with Gasteiger partial charge in [0.1, 0.15) is 24.0 Å². The summed E-state index contributed by atoms with van der Waals surface area (Å²) in [6.45, 7) is 13.0. The summed E-state index contributed by atoms with van der Waals surface area (Å²) in [5.74, 6) is 1.96. The van der Waals surface area contributed by atoms with Crippen LogP contribution in [0.1, 0.15) is 66.4 Å². The van der Waals surface area contributed by atoms with Gasteiger partial charge >= 0.3 is 0 Å². The van der Waals surface area contributed by atoms with E-state index in [1.807, 2.05) is 126 Å². The number of hydrogen-bond donors (Lipinski definition) is 0. The molecular formula is C68H58N4O. The van der Waals surface area contributed by atoms with Gasteiger partial charge < -0.3 is 14.5 Å². The first-order chi connectivity index (χ1) is 39.6. The molecule has 0 unspecified atom stereocenters. The molecule has 0 atom stereocenters. The molecule has 356 valence electrons. The van der Waals surface area contributed by atoms with Crippen LogP contribution in [0.4, 0.5) is 22.7 Å². The fraction of sp³-hybridized carbons (Fsp3) is 0.132. The van der Waals surface area contributed by atoms with Crippen LogP contribution < -0.4 is 14.5 Å². The normalized spacial score (nSPS) is 14.6. The number of pyridine rings is 1. The Morgan fingerprint density at radius 3 is 1.64 bits per heavy atom. The monoisotopic (exact) mass is 957 g/mol. The van der Waals surface area contributed by atoms with Crippen LogP contribution in [0, 0.1) is 0 Å². The van der Waals surface area contributed by atoms with Gasteiger partial charge in [-0.25, -0.2) is 4.98 Å². The molecule has 0 amide bonds. The van der Waals surface area contributed by atoms with Crippen LogP contribution in [0.5, 0.6) is 11.5 Å². The first-order valence-corrected chi connectivity index (χ1v) is 24.6. The Hall–Kier alpha value is -8.67. The number of anilines is 4. The van der Waals surface area contributed by atoms with Gasteiger partial charge in [-0.15, -0.1) is 0 Å². The zero-order chi connectivity index (χ0) is 58.6. The van der Waals surface area contributed by atoms with Crippen molar-refractivity contribution in [1.29, 1.82) is 0 Å². The van der Waals surface area contributed by atoms with Gasteiger partial charge in [0.25, 0.3) is 0 Å². The average molecular weight is 957 g/mol. The number of fused-ring (bicyclic) bond motifs is 4. The molecule has 0 saturated carbocycles. The van der Waals surface area contributed by atoms with Crippen LogP contribution in [0.3, 0.4) is 0 Å².